The Kier molecular flexibility index (Phi) is 4.37. The van der Waals surface area contributed by atoms with E-state index in [0.717, 1.165) is 11.4 Å². The van der Waals surface area contributed by atoms with Crippen LogP contribution in [0.3, 0.4) is 0 Å². The van der Waals surface area contributed by atoms with Crippen molar-refractivity contribution in [2.24, 2.45) is 0 Å². The number of carbonyl (C=O) groups is 1. The molecule has 0 aromatic heterocycles. The van der Waals surface area contributed by atoms with E-state index in [1.54, 1.807) is 18.2 Å². The molecular formula is C20H15ClN2O3. The molecule has 0 aliphatic carbocycles. The van der Waals surface area contributed by atoms with Crippen LogP contribution in [0.2, 0.25) is 5.02 Å². The number of fused-ring (bicyclic) bond motifs is 1. The summed E-state index contributed by atoms with van der Waals surface area (Å²) in [6, 6.07) is 20.0. The molecule has 1 aliphatic heterocycles. The minimum absolute atomic E-state index is 0.181. The van der Waals surface area contributed by atoms with Gasteiger partial charge in [-0.15, -0.1) is 0 Å². The van der Waals surface area contributed by atoms with Crippen LogP contribution in [0, 0.1) is 0 Å². The summed E-state index contributed by atoms with van der Waals surface area (Å²) < 4.78 is 10.6. The van der Waals surface area contributed by atoms with Crippen molar-refractivity contribution in [1.29, 1.82) is 0 Å². The zero-order valence-corrected chi connectivity index (χ0v) is 14.4. The molecule has 3 aromatic rings. The molecule has 2 N–H and O–H groups in total. The number of hydrogen-bond donors (Lipinski definition) is 2. The van der Waals surface area contributed by atoms with Gasteiger partial charge in [0.25, 0.3) is 5.91 Å². The van der Waals surface area contributed by atoms with Gasteiger partial charge in [0, 0.05) is 16.9 Å². The fraction of sp³-hybridized carbons (Fsp3) is 0.0500. The van der Waals surface area contributed by atoms with Gasteiger partial charge in [-0.05, 0) is 54.6 Å². The monoisotopic (exact) mass is 366 g/mol. The van der Waals surface area contributed by atoms with Gasteiger partial charge in [0.15, 0.2) is 11.5 Å². The van der Waals surface area contributed by atoms with E-state index < -0.39 is 0 Å². The zero-order valence-electron chi connectivity index (χ0n) is 13.7. The average molecular weight is 367 g/mol. The molecule has 0 spiro atoms. The van der Waals surface area contributed by atoms with Crippen LogP contribution >= 0.6 is 11.6 Å². The number of nitrogens with one attached hydrogen (secondary N) is 2. The Morgan fingerprint density at radius 2 is 1.62 bits per heavy atom. The van der Waals surface area contributed by atoms with Gasteiger partial charge in [0.1, 0.15) is 0 Å². The van der Waals surface area contributed by atoms with Gasteiger partial charge < -0.3 is 20.1 Å². The number of anilines is 3. The van der Waals surface area contributed by atoms with Crippen molar-refractivity contribution < 1.29 is 14.3 Å². The van der Waals surface area contributed by atoms with Crippen LogP contribution in [0.4, 0.5) is 17.1 Å². The second-order valence-corrected chi connectivity index (χ2v) is 6.11. The van der Waals surface area contributed by atoms with E-state index in [1.165, 1.54) is 0 Å². The molecule has 6 heteroatoms. The van der Waals surface area contributed by atoms with Crippen LogP contribution < -0.4 is 20.1 Å². The lowest BCUT2D eigenvalue weighted by molar-refractivity contribution is 0.102. The fourth-order valence-corrected chi connectivity index (χ4v) is 2.78. The van der Waals surface area contributed by atoms with Crippen LogP contribution in [0.25, 0.3) is 0 Å². The molecular weight excluding hydrogens is 352 g/mol. The van der Waals surface area contributed by atoms with E-state index in [4.69, 9.17) is 21.1 Å². The highest BCUT2D eigenvalue weighted by atomic mass is 35.5. The molecule has 5 nitrogen and oxygen atoms in total. The van der Waals surface area contributed by atoms with Crippen molar-refractivity contribution in [3.63, 3.8) is 0 Å². The van der Waals surface area contributed by atoms with Crippen LogP contribution in [0.5, 0.6) is 11.5 Å². The molecule has 0 saturated heterocycles. The summed E-state index contributed by atoms with van der Waals surface area (Å²) in [6.07, 6.45) is 0. The van der Waals surface area contributed by atoms with Gasteiger partial charge in [-0.3, -0.25) is 4.79 Å². The third kappa shape index (κ3) is 3.43. The maximum Gasteiger partial charge on any atom is 0.255 e. The third-order valence-electron chi connectivity index (χ3n) is 3.93. The van der Waals surface area contributed by atoms with Gasteiger partial charge in [-0.25, -0.2) is 0 Å². The fourth-order valence-electron chi connectivity index (χ4n) is 2.60. The quantitative estimate of drug-likeness (QED) is 0.677. The Bertz CT molecular complexity index is 958. The second-order valence-electron chi connectivity index (χ2n) is 5.70. The molecule has 0 bridgehead atoms. The van der Waals surface area contributed by atoms with Gasteiger partial charge in [-0.2, -0.15) is 0 Å². The molecule has 3 aromatic carbocycles. The topological polar surface area (TPSA) is 59.6 Å². The lowest BCUT2D eigenvalue weighted by atomic mass is 10.2. The summed E-state index contributed by atoms with van der Waals surface area (Å²) in [5.41, 5.74) is 2.90. The molecule has 1 amide bonds. The minimum Gasteiger partial charge on any atom is -0.454 e. The number of amides is 1. The van der Waals surface area contributed by atoms with Crippen molar-refractivity contribution in [2.45, 2.75) is 0 Å². The summed E-state index contributed by atoms with van der Waals surface area (Å²) in [5.74, 6) is 1.02. The highest BCUT2D eigenvalue weighted by molar-refractivity contribution is 6.33. The minimum atomic E-state index is -0.213. The van der Waals surface area contributed by atoms with E-state index in [2.05, 4.69) is 10.6 Å². The Morgan fingerprint density at radius 1 is 0.885 bits per heavy atom. The maximum absolute atomic E-state index is 12.4. The van der Waals surface area contributed by atoms with Gasteiger partial charge >= 0.3 is 0 Å². The molecule has 0 fully saturated rings. The first-order chi connectivity index (χ1) is 12.7. The maximum atomic E-state index is 12.4. The van der Waals surface area contributed by atoms with Crippen LogP contribution in [0.15, 0.2) is 66.7 Å². The number of para-hydroxylation sites is 1. The lowest BCUT2D eigenvalue weighted by Crippen LogP contribution is -2.11. The molecule has 0 saturated carbocycles. The Hall–Kier alpha value is -3.18. The largest absolute Gasteiger partial charge is 0.454 e. The summed E-state index contributed by atoms with van der Waals surface area (Å²) in [4.78, 5) is 12.4. The number of ether oxygens (including phenoxy) is 2. The highest BCUT2D eigenvalue weighted by Gasteiger charge is 2.16. The Morgan fingerprint density at radius 3 is 2.42 bits per heavy atom. The summed E-state index contributed by atoms with van der Waals surface area (Å²) in [7, 11) is 0. The number of rotatable bonds is 4. The summed E-state index contributed by atoms with van der Waals surface area (Å²) in [6.45, 7) is 0.181. The average Bonchev–Trinajstić information content (AvgIpc) is 3.13. The molecule has 1 aliphatic rings. The first-order valence-corrected chi connectivity index (χ1v) is 8.39. The number of hydrogen-bond acceptors (Lipinski definition) is 4. The van der Waals surface area contributed by atoms with Crippen LogP contribution in [-0.2, 0) is 0 Å². The highest BCUT2D eigenvalue weighted by Crippen LogP contribution is 2.32. The normalized spacial score (nSPS) is 11.9. The van der Waals surface area contributed by atoms with E-state index in [9.17, 15) is 4.79 Å². The summed E-state index contributed by atoms with van der Waals surface area (Å²) >= 11 is 6.14. The molecule has 130 valence electrons. The Balaban J connectivity index is 1.44. The van der Waals surface area contributed by atoms with E-state index in [0.29, 0.717) is 27.8 Å². The van der Waals surface area contributed by atoms with Gasteiger partial charge in [0.05, 0.1) is 10.7 Å². The second kappa shape index (κ2) is 6.98. The molecule has 0 radical (unpaired) electrons. The molecule has 0 unspecified atom stereocenters. The first kappa shape index (κ1) is 16.3. The van der Waals surface area contributed by atoms with E-state index >= 15 is 0 Å². The van der Waals surface area contributed by atoms with Gasteiger partial charge in [0.2, 0.25) is 6.79 Å². The third-order valence-corrected chi connectivity index (χ3v) is 4.26. The summed E-state index contributed by atoms with van der Waals surface area (Å²) in [5, 5.41) is 6.75. The molecule has 26 heavy (non-hydrogen) atoms. The molecule has 0 atom stereocenters. The van der Waals surface area contributed by atoms with Crippen molar-refractivity contribution in [1.82, 2.24) is 0 Å². The molecule has 4 rings (SSSR count). The number of benzene rings is 3. The van der Waals surface area contributed by atoms with Crippen molar-refractivity contribution in [3.05, 3.63) is 77.3 Å². The predicted octanol–water partition coefficient (Wildman–Crippen LogP) is 5.06. The van der Waals surface area contributed by atoms with Crippen molar-refractivity contribution in [2.75, 3.05) is 17.4 Å². The SMILES string of the molecule is O=C(Nc1ccc(Nc2ccccc2Cl)cc1)c1ccc2c(c1)OCO2. The smallest absolute Gasteiger partial charge is 0.255 e. The van der Waals surface area contributed by atoms with Crippen LogP contribution in [-0.4, -0.2) is 12.7 Å². The predicted molar refractivity (Wildman–Crippen MR) is 102 cm³/mol. The number of carbonyl (C=O) groups excluding carboxylic acids is 1. The first-order valence-electron chi connectivity index (χ1n) is 8.02. The lowest BCUT2D eigenvalue weighted by Gasteiger charge is -2.10. The van der Waals surface area contributed by atoms with Gasteiger partial charge in [-0.1, -0.05) is 23.7 Å². The van der Waals surface area contributed by atoms with E-state index in [-0.39, 0.29) is 12.7 Å². The van der Waals surface area contributed by atoms with Crippen molar-refractivity contribution in [3.8, 4) is 11.5 Å². The number of halogens is 1. The molecule has 1 heterocycles. The van der Waals surface area contributed by atoms with Crippen molar-refractivity contribution >= 4 is 34.6 Å². The van der Waals surface area contributed by atoms with E-state index in [1.807, 2.05) is 48.5 Å². The standard InChI is InChI=1S/C20H15ClN2O3/c21-16-3-1-2-4-17(16)22-14-6-8-15(9-7-14)23-20(24)13-5-10-18-19(11-13)26-12-25-18/h1-11,22H,12H2,(H,23,24). The Labute approximate surface area is 155 Å². The van der Waals surface area contributed by atoms with Crippen LogP contribution in [0.1, 0.15) is 10.4 Å². The zero-order chi connectivity index (χ0) is 17.9.